The second kappa shape index (κ2) is 11.4. The third-order valence-corrected chi connectivity index (χ3v) is 2.15. The standard InChI is InChI=1S/C12H26N2O4/c1-10(2)18-7-6-17-9-11(15)8-14-5-3-4-12(13)16/h10-11,14-15H,3-9H2,1-2H3,(H2,13,16). The number of hydrogen-bond donors (Lipinski definition) is 3. The average molecular weight is 262 g/mol. The molecule has 18 heavy (non-hydrogen) atoms. The molecular weight excluding hydrogens is 236 g/mol. The van der Waals surface area contributed by atoms with Gasteiger partial charge in [-0.1, -0.05) is 0 Å². The van der Waals surface area contributed by atoms with Gasteiger partial charge < -0.3 is 25.6 Å². The van der Waals surface area contributed by atoms with Crippen molar-refractivity contribution < 1.29 is 19.4 Å². The summed E-state index contributed by atoms with van der Waals surface area (Å²) in [6.45, 7) is 6.34. The van der Waals surface area contributed by atoms with Crippen LogP contribution < -0.4 is 11.1 Å². The zero-order chi connectivity index (χ0) is 13.8. The highest BCUT2D eigenvalue weighted by molar-refractivity contribution is 5.73. The molecule has 4 N–H and O–H groups in total. The van der Waals surface area contributed by atoms with Crippen LogP contribution in [0.25, 0.3) is 0 Å². The normalized spacial score (nSPS) is 12.9. The lowest BCUT2D eigenvalue weighted by atomic mass is 10.3. The fraction of sp³-hybridized carbons (Fsp3) is 0.917. The quantitative estimate of drug-likeness (QED) is 0.418. The molecule has 1 amide bonds. The zero-order valence-electron chi connectivity index (χ0n) is 11.4. The Hall–Kier alpha value is -0.690. The Morgan fingerprint density at radius 3 is 2.72 bits per heavy atom. The first-order chi connectivity index (χ1) is 8.52. The van der Waals surface area contributed by atoms with E-state index in [1.54, 1.807) is 0 Å². The molecule has 108 valence electrons. The summed E-state index contributed by atoms with van der Waals surface area (Å²) in [5, 5.41) is 12.6. The van der Waals surface area contributed by atoms with Gasteiger partial charge in [0.05, 0.1) is 32.0 Å². The van der Waals surface area contributed by atoms with Crippen LogP contribution in [0.3, 0.4) is 0 Å². The summed E-state index contributed by atoms with van der Waals surface area (Å²) in [6.07, 6.45) is 0.708. The van der Waals surface area contributed by atoms with Gasteiger partial charge in [0.15, 0.2) is 0 Å². The number of carbonyl (C=O) groups is 1. The van der Waals surface area contributed by atoms with Crippen molar-refractivity contribution in [3.05, 3.63) is 0 Å². The van der Waals surface area contributed by atoms with Gasteiger partial charge in [-0.2, -0.15) is 0 Å². The van der Waals surface area contributed by atoms with E-state index in [1.165, 1.54) is 0 Å². The van der Waals surface area contributed by atoms with E-state index in [0.717, 1.165) is 0 Å². The van der Waals surface area contributed by atoms with E-state index in [-0.39, 0.29) is 18.6 Å². The van der Waals surface area contributed by atoms with Crippen molar-refractivity contribution in [2.24, 2.45) is 5.73 Å². The first-order valence-electron chi connectivity index (χ1n) is 6.38. The first kappa shape index (κ1) is 17.3. The molecule has 0 fully saturated rings. The molecule has 0 aromatic rings. The molecule has 6 nitrogen and oxygen atoms in total. The molecule has 1 unspecified atom stereocenters. The Bertz CT molecular complexity index is 212. The van der Waals surface area contributed by atoms with Gasteiger partial charge in [0, 0.05) is 13.0 Å². The molecule has 0 radical (unpaired) electrons. The van der Waals surface area contributed by atoms with E-state index in [1.807, 2.05) is 13.8 Å². The number of nitrogens with one attached hydrogen (secondary N) is 1. The second-order valence-electron chi connectivity index (χ2n) is 4.42. The fourth-order valence-corrected chi connectivity index (χ4v) is 1.28. The van der Waals surface area contributed by atoms with Crippen molar-refractivity contribution in [1.29, 1.82) is 0 Å². The van der Waals surface area contributed by atoms with Crippen molar-refractivity contribution in [2.45, 2.75) is 38.9 Å². The van der Waals surface area contributed by atoms with Crippen molar-refractivity contribution >= 4 is 5.91 Å². The molecule has 0 aliphatic carbocycles. The molecule has 0 heterocycles. The second-order valence-corrected chi connectivity index (χ2v) is 4.42. The zero-order valence-corrected chi connectivity index (χ0v) is 11.4. The van der Waals surface area contributed by atoms with E-state index < -0.39 is 6.10 Å². The van der Waals surface area contributed by atoms with Crippen LogP contribution in [-0.2, 0) is 14.3 Å². The predicted molar refractivity (Wildman–Crippen MR) is 69.2 cm³/mol. The summed E-state index contributed by atoms with van der Waals surface area (Å²) in [5.74, 6) is -0.300. The number of aliphatic hydroxyl groups is 1. The number of carbonyl (C=O) groups excluding carboxylic acids is 1. The van der Waals surface area contributed by atoms with E-state index in [4.69, 9.17) is 15.2 Å². The molecule has 0 saturated heterocycles. The van der Waals surface area contributed by atoms with Gasteiger partial charge >= 0.3 is 0 Å². The Morgan fingerprint density at radius 1 is 1.39 bits per heavy atom. The van der Waals surface area contributed by atoms with Crippen LogP contribution in [0.5, 0.6) is 0 Å². The monoisotopic (exact) mass is 262 g/mol. The molecule has 0 aliphatic heterocycles. The Morgan fingerprint density at radius 2 is 2.11 bits per heavy atom. The van der Waals surface area contributed by atoms with E-state index in [9.17, 15) is 9.90 Å². The number of hydrogen-bond acceptors (Lipinski definition) is 5. The van der Waals surface area contributed by atoms with Gasteiger partial charge in [-0.05, 0) is 26.8 Å². The molecule has 1 atom stereocenters. The van der Waals surface area contributed by atoms with Crippen molar-refractivity contribution in [1.82, 2.24) is 5.32 Å². The summed E-state index contributed by atoms with van der Waals surface area (Å²) >= 11 is 0. The molecule has 0 aromatic heterocycles. The van der Waals surface area contributed by atoms with Crippen LogP contribution in [-0.4, -0.2) is 56.1 Å². The van der Waals surface area contributed by atoms with Crippen molar-refractivity contribution in [2.75, 3.05) is 32.9 Å². The SMILES string of the molecule is CC(C)OCCOCC(O)CNCCCC(N)=O. The first-order valence-corrected chi connectivity index (χ1v) is 6.38. The summed E-state index contributed by atoms with van der Waals surface area (Å²) in [4.78, 5) is 10.5. The van der Waals surface area contributed by atoms with Crippen molar-refractivity contribution in [3.8, 4) is 0 Å². The van der Waals surface area contributed by atoms with Crippen LogP contribution in [0.2, 0.25) is 0 Å². The van der Waals surface area contributed by atoms with Crippen LogP contribution in [0.4, 0.5) is 0 Å². The summed E-state index contributed by atoms with van der Waals surface area (Å²) < 4.78 is 10.5. The van der Waals surface area contributed by atoms with Crippen LogP contribution in [0.15, 0.2) is 0 Å². The minimum Gasteiger partial charge on any atom is -0.389 e. The van der Waals surface area contributed by atoms with E-state index >= 15 is 0 Å². The van der Waals surface area contributed by atoms with Gasteiger partial charge in [0.1, 0.15) is 0 Å². The lowest BCUT2D eigenvalue weighted by Gasteiger charge is -2.13. The third kappa shape index (κ3) is 13.4. The molecular formula is C12H26N2O4. The summed E-state index contributed by atoms with van der Waals surface area (Å²) in [5.41, 5.74) is 5.00. The van der Waals surface area contributed by atoms with Crippen LogP contribution in [0.1, 0.15) is 26.7 Å². The lowest BCUT2D eigenvalue weighted by molar-refractivity contribution is -0.118. The topological polar surface area (TPSA) is 93.8 Å². The summed E-state index contributed by atoms with van der Waals surface area (Å²) in [7, 11) is 0. The Kier molecular flexibility index (Phi) is 11.0. The fourth-order valence-electron chi connectivity index (χ4n) is 1.28. The molecule has 6 heteroatoms. The highest BCUT2D eigenvalue weighted by atomic mass is 16.5. The Balaban J connectivity index is 3.22. The van der Waals surface area contributed by atoms with Gasteiger partial charge in [0.2, 0.25) is 5.91 Å². The number of primary amides is 1. The molecule has 0 spiro atoms. The van der Waals surface area contributed by atoms with E-state index in [0.29, 0.717) is 39.1 Å². The van der Waals surface area contributed by atoms with Crippen LogP contribution >= 0.6 is 0 Å². The Labute approximate surface area is 109 Å². The smallest absolute Gasteiger partial charge is 0.217 e. The maximum absolute atomic E-state index is 10.5. The number of nitrogens with two attached hydrogens (primary N) is 1. The number of ether oxygens (including phenoxy) is 2. The maximum Gasteiger partial charge on any atom is 0.217 e. The number of aliphatic hydroxyl groups excluding tert-OH is 1. The van der Waals surface area contributed by atoms with Gasteiger partial charge in [0.25, 0.3) is 0 Å². The van der Waals surface area contributed by atoms with Crippen molar-refractivity contribution in [3.63, 3.8) is 0 Å². The van der Waals surface area contributed by atoms with Crippen LogP contribution in [0, 0.1) is 0 Å². The molecule has 0 aliphatic rings. The largest absolute Gasteiger partial charge is 0.389 e. The molecule has 0 bridgehead atoms. The van der Waals surface area contributed by atoms with E-state index in [2.05, 4.69) is 5.32 Å². The van der Waals surface area contributed by atoms with Gasteiger partial charge in [-0.15, -0.1) is 0 Å². The summed E-state index contributed by atoms with van der Waals surface area (Å²) in [6, 6.07) is 0. The number of amides is 1. The molecule has 0 aromatic carbocycles. The highest BCUT2D eigenvalue weighted by Gasteiger charge is 2.04. The predicted octanol–water partition coefficient (Wildman–Crippen LogP) is -0.356. The highest BCUT2D eigenvalue weighted by Crippen LogP contribution is 1.90. The number of rotatable bonds is 12. The maximum atomic E-state index is 10.5. The molecule has 0 saturated carbocycles. The minimum absolute atomic E-state index is 0.199. The van der Waals surface area contributed by atoms with Gasteiger partial charge in [-0.3, -0.25) is 4.79 Å². The lowest BCUT2D eigenvalue weighted by Crippen LogP contribution is -2.31. The minimum atomic E-state index is -0.544. The average Bonchev–Trinajstić information content (AvgIpc) is 2.27. The molecule has 0 rings (SSSR count). The third-order valence-electron chi connectivity index (χ3n) is 2.15. The van der Waals surface area contributed by atoms with Gasteiger partial charge in [-0.25, -0.2) is 0 Å².